The minimum Gasteiger partial charge on any atom is -0.281 e. The van der Waals surface area contributed by atoms with E-state index in [-0.39, 0.29) is 15.5 Å². The normalized spacial score (nSPS) is 12.3. The highest BCUT2D eigenvalue weighted by atomic mass is 32.2. The lowest BCUT2D eigenvalue weighted by Gasteiger charge is -2.10. The Morgan fingerprint density at radius 3 is 2.33 bits per heavy atom. The van der Waals surface area contributed by atoms with Crippen LogP contribution in [0, 0.1) is 13.8 Å². The number of primary sulfonamides is 1. The first-order chi connectivity index (χ1) is 9.61. The van der Waals surface area contributed by atoms with E-state index in [1.54, 1.807) is 13.8 Å². The van der Waals surface area contributed by atoms with Gasteiger partial charge in [0.25, 0.3) is 10.0 Å². The highest BCUT2D eigenvalue weighted by Crippen LogP contribution is 2.22. The van der Waals surface area contributed by atoms with E-state index in [2.05, 4.69) is 14.9 Å². The van der Waals surface area contributed by atoms with Crippen LogP contribution >= 0.6 is 0 Å². The Bertz CT molecular complexity index is 885. The number of nitrogens with one attached hydrogen (secondary N) is 2. The summed E-state index contributed by atoms with van der Waals surface area (Å²) in [6.45, 7) is 3.13. The van der Waals surface area contributed by atoms with E-state index < -0.39 is 20.0 Å². The minimum atomic E-state index is -3.93. The van der Waals surface area contributed by atoms with Crippen LogP contribution < -0.4 is 9.86 Å². The van der Waals surface area contributed by atoms with Gasteiger partial charge in [-0.15, -0.1) is 0 Å². The third kappa shape index (κ3) is 3.23. The van der Waals surface area contributed by atoms with Gasteiger partial charge in [-0.1, -0.05) is 6.07 Å². The molecule has 10 heteroatoms. The molecule has 0 saturated carbocycles. The van der Waals surface area contributed by atoms with E-state index in [1.165, 1.54) is 24.4 Å². The molecule has 1 aromatic carbocycles. The van der Waals surface area contributed by atoms with Crippen molar-refractivity contribution in [1.82, 2.24) is 10.2 Å². The number of H-pyrrole nitrogens is 1. The molecule has 21 heavy (non-hydrogen) atoms. The number of sulfonamides is 2. The molecule has 0 atom stereocenters. The number of nitrogens with two attached hydrogens (primary N) is 1. The molecule has 0 aliphatic heterocycles. The molecule has 0 aliphatic rings. The number of anilines is 1. The standard InChI is InChI=1S/C11H14N4O4S2/c1-7-3-4-9(5-10(7)20(12,16)17)15-21(18,19)11-6-13-14-8(11)2/h3-6,15H,1-2H3,(H,13,14)(H2,12,16,17). The van der Waals surface area contributed by atoms with Crippen LogP contribution in [0.5, 0.6) is 0 Å². The summed E-state index contributed by atoms with van der Waals surface area (Å²) in [6, 6.07) is 4.11. The summed E-state index contributed by atoms with van der Waals surface area (Å²) in [4.78, 5) is -0.146. The van der Waals surface area contributed by atoms with Crippen molar-refractivity contribution in [1.29, 1.82) is 0 Å². The van der Waals surface area contributed by atoms with Gasteiger partial charge < -0.3 is 0 Å². The number of rotatable bonds is 4. The van der Waals surface area contributed by atoms with Crippen molar-refractivity contribution < 1.29 is 16.8 Å². The van der Waals surface area contributed by atoms with Gasteiger partial charge in [-0.2, -0.15) is 5.10 Å². The number of benzene rings is 1. The monoisotopic (exact) mass is 330 g/mol. The zero-order valence-corrected chi connectivity index (χ0v) is 12.9. The van der Waals surface area contributed by atoms with Gasteiger partial charge in [0.15, 0.2) is 0 Å². The van der Waals surface area contributed by atoms with Crippen LogP contribution in [0.25, 0.3) is 0 Å². The molecule has 0 fully saturated rings. The molecular formula is C11H14N4O4S2. The highest BCUT2D eigenvalue weighted by molar-refractivity contribution is 7.92. The van der Waals surface area contributed by atoms with Gasteiger partial charge in [-0.05, 0) is 31.5 Å². The number of hydrogen-bond donors (Lipinski definition) is 3. The Labute approximate surface area is 122 Å². The Morgan fingerprint density at radius 2 is 1.81 bits per heavy atom. The van der Waals surface area contributed by atoms with Gasteiger partial charge in [0.2, 0.25) is 10.0 Å². The fourth-order valence-corrected chi connectivity index (χ4v) is 3.79. The molecule has 0 aliphatic carbocycles. The van der Waals surface area contributed by atoms with Crippen molar-refractivity contribution in [2.24, 2.45) is 5.14 Å². The average molecular weight is 330 g/mol. The van der Waals surface area contributed by atoms with Crippen molar-refractivity contribution in [3.8, 4) is 0 Å². The van der Waals surface area contributed by atoms with Crippen LogP contribution in [0.15, 0.2) is 34.2 Å². The van der Waals surface area contributed by atoms with Crippen molar-refractivity contribution in [2.45, 2.75) is 23.6 Å². The third-order valence-corrected chi connectivity index (χ3v) is 5.37. The van der Waals surface area contributed by atoms with Gasteiger partial charge in [0, 0.05) is 0 Å². The van der Waals surface area contributed by atoms with Crippen LogP contribution in [0.1, 0.15) is 11.3 Å². The summed E-state index contributed by atoms with van der Waals surface area (Å²) in [5.41, 5.74) is 0.909. The Morgan fingerprint density at radius 1 is 1.14 bits per heavy atom. The van der Waals surface area contributed by atoms with E-state index in [1.807, 2.05) is 0 Å². The highest BCUT2D eigenvalue weighted by Gasteiger charge is 2.20. The molecule has 114 valence electrons. The average Bonchev–Trinajstić information content (AvgIpc) is 2.77. The van der Waals surface area contributed by atoms with Crippen molar-refractivity contribution in [2.75, 3.05) is 4.72 Å². The topological polar surface area (TPSA) is 135 Å². The largest absolute Gasteiger partial charge is 0.281 e. The molecule has 0 unspecified atom stereocenters. The second kappa shape index (κ2) is 5.13. The molecule has 4 N–H and O–H groups in total. The van der Waals surface area contributed by atoms with E-state index in [4.69, 9.17) is 5.14 Å². The summed E-state index contributed by atoms with van der Waals surface area (Å²) in [5.74, 6) is 0. The number of aromatic amines is 1. The maximum Gasteiger partial charge on any atom is 0.265 e. The Hall–Kier alpha value is -1.91. The lowest BCUT2D eigenvalue weighted by molar-refractivity contribution is 0.595. The molecule has 1 aromatic heterocycles. The second-order valence-electron chi connectivity index (χ2n) is 4.49. The molecule has 2 rings (SSSR count). The van der Waals surface area contributed by atoms with Crippen molar-refractivity contribution in [3.63, 3.8) is 0 Å². The smallest absolute Gasteiger partial charge is 0.265 e. The summed E-state index contributed by atoms with van der Waals surface area (Å²) >= 11 is 0. The SMILES string of the molecule is Cc1ccc(NS(=O)(=O)c2cn[nH]c2C)cc1S(N)(=O)=O. The van der Waals surface area contributed by atoms with Gasteiger partial charge >= 0.3 is 0 Å². The van der Waals surface area contributed by atoms with Gasteiger partial charge in [-0.3, -0.25) is 9.82 Å². The zero-order chi connectivity index (χ0) is 15.8. The predicted molar refractivity (Wildman–Crippen MR) is 76.7 cm³/mol. The summed E-state index contributed by atoms with van der Waals surface area (Å²) in [6.07, 6.45) is 1.17. The molecule has 0 radical (unpaired) electrons. The number of nitrogens with zero attached hydrogens (tertiary/aromatic N) is 1. The first kappa shape index (κ1) is 15.5. The van der Waals surface area contributed by atoms with Crippen LogP contribution in [0.2, 0.25) is 0 Å². The van der Waals surface area contributed by atoms with E-state index in [9.17, 15) is 16.8 Å². The minimum absolute atomic E-state index is 0.0137. The van der Waals surface area contributed by atoms with Crippen molar-refractivity contribution >= 4 is 25.7 Å². The van der Waals surface area contributed by atoms with Crippen molar-refractivity contribution in [3.05, 3.63) is 35.7 Å². The van der Waals surface area contributed by atoms with Gasteiger partial charge in [0.1, 0.15) is 4.90 Å². The summed E-state index contributed by atoms with van der Waals surface area (Å²) in [5, 5.41) is 11.2. The number of aromatic nitrogens is 2. The number of hydrogen-bond acceptors (Lipinski definition) is 5. The van der Waals surface area contributed by atoms with Gasteiger partial charge in [0.05, 0.1) is 22.5 Å². The van der Waals surface area contributed by atoms with Crippen LogP contribution in [0.3, 0.4) is 0 Å². The molecule has 0 saturated heterocycles. The maximum atomic E-state index is 12.2. The predicted octanol–water partition coefficient (Wildman–Crippen LogP) is 0.475. The quantitative estimate of drug-likeness (QED) is 0.749. The van der Waals surface area contributed by atoms with Crippen LogP contribution in [-0.4, -0.2) is 27.0 Å². The fourth-order valence-electron chi connectivity index (χ4n) is 1.79. The second-order valence-corrected chi connectivity index (χ2v) is 7.67. The Kier molecular flexibility index (Phi) is 3.78. The molecular weight excluding hydrogens is 316 g/mol. The van der Waals surface area contributed by atoms with Crippen LogP contribution in [-0.2, 0) is 20.0 Å². The first-order valence-electron chi connectivity index (χ1n) is 5.77. The molecule has 1 heterocycles. The van der Waals surface area contributed by atoms with E-state index in [0.29, 0.717) is 11.3 Å². The lowest BCUT2D eigenvalue weighted by atomic mass is 10.2. The van der Waals surface area contributed by atoms with E-state index >= 15 is 0 Å². The fraction of sp³-hybridized carbons (Fsp3) is 0.182. The maximum absolute atomic E-state index is 12.2. The molecule has 0 amide bonds. The molecule has 2 aromatic rings. The molecule has 0 bridgehead atoms. The summed E-state index contributed by atoms with van der Waals surface area (Å²) < 4.78 is 49.5. The molecule has 8 nitrogen and oxygen atoms in total. The third-order valence-electron chi connectivity index (χ3n) is 2.82. The number of aryl methyl sites for hydroxylation is 2. The first-order valence-corrected chi connectivity index (χ1v) is 8.80. The van der Waals surface area contributed by atoms with Gasteiger partial charge in [-0.25, -0.2) is 22.0 Å². The summed E-state index contributed by atoms with van der Waals surface area (Å²) in [7, 11) is -7.78. The molecule has 0 spiro atoms. The van der Waals surface area contributed by atoms with Crippen LogP contribution in [0.4, 0.5) is 5.69 Å². The Balaban J connectivity index is 2.44. The lowest BCUT2D eigenvalue weighted by Crippen LogP contribution is -2.16. The van der Waals surface area contributed by atoms with E-state index in [0.717, 1.165) is 0 Å². The zero-order valence-electron chi connectivity index (χ0n) is 11.3.